The third kappa shape index (κ3) is 3.58. The average Bonchev–Trinajstić information content (AvgIpc) is 2.56. The minimum atomic E-state index is -0.0229. The van der Waals surface area contributed by atoms with Crippen molar-refractivity contribution >= 4 is 0 Å². The van der Waals surface area contributed by atoms with Gasteiger partial charge in [0.05, 0.1) is 13.2 Å². The molecule has 2 rings (SSSR count). The van der Waals surface area contributed by atoms with Crippen LogP contribution >= 0.6 is 0 Å². The maximum Gasteiger partial charge on any atom is 0.119 e. The van der Waals surface area contributed by atoms with Gasteiger partial charge < -0.3 is 9.47 Å². The van der Waals surface area contributed by atoms with E-state index in [1.165, 1.54) is 11.1 Å². The molecule has 0 fully saturated rings. The first-order valence-corrected chi connectivity index (χ1v) is 8.79. The summed E-state index contributed by atoms with van der Waals surface area (Å²) >= 11 is 0. The van der Waals surface area contributed by atoms with Crippen molar-refractivity contribution in [2.75, 3.05) is 13.2 Å². The van der Waals surface area contributed by atoms with E-state index in [9.17, 15) is 0 Å². The monoisotopic (exact) mass is 326 g/mol. The van der Waals surface area contributed by atoms with Crippen LogP contribution in [0.25, 0.3) is 0 Å². The van der Waals surface area contributed by atoms with E-state index in [0.717, 1.165) is 11.5 Å². The standard InChI is InChI=1S/C22H30O2/c1-7-23-19-13-9-17(10-14-19)21(3,4)22(5,6)18-11-15-20(16-12-18)24-8-2/h9-16H,7-8H2,1-6H3. The van der Waals surface area contributed by atoms with Gasteiger partial charge in [-0.1, -0.05) is 52.0 Å². The van der Waals surface area contributed by atoms with Gasteiger partial charge in [0.1, 0.15) is 11.5 Å². The molecule has 0 atom stereocenters. The van der Waals surface area contributed by atoms with Crippen LogP contribution in [0, 0.1) is 0 Å². The zero-order valence-electron chi connectivity index (χ0n) is 15.8. The molecule has 2 aromatic carbocycles. The summed E-state index contributed by atoms with van der Waals surface area (Å²) in [7, 11) is 0. The molecular weight excluding hydrogens is 296 g/mol. The highest BCUT2D eigenvalue weighted by atomic mass is 16.5. The molecular formula is C22H30O2. The number of benzene rings is 2. The minimum absolute atomic E-state index is 0.0229. The Bertz CT molecular complexity index is 577. The van der Waals surface area contributed by atoms with Crippen molar-refractivity contribution in [3.8, 4) is 11.5 Å². The summed E-state index contributed by atoms with van der Waals surface area (Å²) in [5.41, 5.74) is 2.57. The second-order valence-corrected chi connectivity index (χ2v) is 7.16. The van der Waals surface area contributed by atoms with Crippen LogP contribution < -0.4 is 9.47 Å². The number of hydrogen-bond acceptors (Lipinski definition) is 2. The largest absolute Gasteiger partial charge is 0.494 e. The molecule has 2 aromatic rings. The highest BCUT2D eigenvalue weighted by molar-refractivity contribution is 5.40. The number of ether oxygens (including phenoxy) is 2. The molecule has 0 unspecified atom stereocenters. The maximum absolute atomic E-state index is 5.57. The normalized spacial score (nSPS) is 12.1. The van der Waals surface area contributed by atoms with Crippen molar-refractivity contribution < 1.29 is 9.47 Å². The second kappa shape index (κ2) is 7.29. The van der Waals surface area contributed by atoms with Gasteiger partial charge in [-0.05, 0) is 60.1 Å². The van der Waals surface area contributed by atoms with Crippen LogP contribution in [0.2, 0.25) is 0 Å². The number of rotatable bonds is 7. The summed E-state index contributed by atoms with van der Waals surface area (Å²) in [5, 5.41) is 0. The molecule has 0 aliphatic carbocycles. The summed E-state index contributed by atoms with van der Waals surface area (Å²) in [6.45, 7) is 14.6. The van der Waals surface area contributed by atoms with E-state index in [4.69, 9.17) is 9.47 Å². The van der Waals surface area contributed by atoms with Gasteiger partial charge in [-0.2, -0.15) is 0 Å². The summed E-state index contributed by atoms with van der Waals surface area (Å²) in [6, 6.07) is 17.0. The highest BCUT2D eigenvalue weighted by Crippen LogP contribution is 2.44. The molecule has 0 radical (unpaired) electrons. The molecule has 0 aromatic heterocycles. The molecule has 130 valence electrons. The van der Waals surface area contributed by atoms with E-state index in [0.29, 0.717) is 13.2 Å². The van der Waals surface area contributed by atoms with Crippen LogP contribution in [0.4, 0.5) is 0 Å². The third-order valence-corrected chi connectivity index (χ3v) is 5.34. The summed E-state index contributed by atoms with van der Waals surface area (Å²) in [5.74, 6) is 1.85. The van der Waals surface area contributed by atoms with Crippen molar-refractivity contribution in [2.45, 2.75) is 52.4 Å². The Hall–Kier alpha value is -1.96. The topological polar surface area (TPSA) is 18.5 Å². The van der Waals surface area contributed by atoms with E-state index in [2.05, 4.69) is 76.2 Å². The first kappa shape index (κ1) is 18.4. The van der Waals surface area contributed by atoms with Crippen molar-refractivity contribution in [3.63, 3.8) is 0 Å². The summed E-state index contributed by atoms with van der Waals surface area (Å²) < 4.78 is 11.1. The minimum Gasteiger partial charge on any atom is -0.494 e. The van der Waals surface area contributed by atoms with Gasteiger partial charge in [0.25, 0.3) is 0 Å². The van der Waals surface area contributed by atoms with E-state index >= 15 is 0 Å². The van der Waals surface area contributed by atoms with Crippen LogP contribution in [0.15, 0.2) is 48.5 Å². The van der Waals surface area contributed by atoms with E-state index in [1.54, 1.807) is 0 Å². The van der Waals surface area contributed by atoms with Gasteiger partial charge in [-0.3, -0.25) is 0 Å². The van der Waals surface area contributed by atoms with Gasteiger partial charge in [0, 0.05) is 0 Å². The Labute approximate surface area is 146 Å². The maximum atomic E-state index is 5.57. The molecule has 0 bridgehead atoms. The lowest BCUT2D eigenvalue weighted by atomic mass is 9.61. The van der Waals surface area contributed by atoms with Gasteiger partial charge in [0.2, 0.25) is 0 Å². The first-order chi connectivity index (χ1) is 11.3. The van der Waals surface area contributed by atoms with Gasteiger partial charge in [-0.15, -0.1) is 0 Å². The van der Waals surface area contributed by atoms with Gasteiger partial charge >= 0.3 is 0 Å². The summed E-state index contributed by atoms with van der Waals surface area (Å²) in [4.78, 5) is 0. The smallest absolute Gasteiger partial charge is 0.119 e. The van der Waals surface area contributed by atoms with Crippen LogP contribution in [-0.4, -0.2) is 13.2 Å². The molecule has 24 heavy (non-hydrogen) atoms. The van der Waals surface area contributed by atoms with E-state index < -0.39 is 0 Å². The lowest BCUT2D eigenvalue weighted by Gasteiger charge is -2.43. The molecule has 0 spiro atoms. The van der Waals surface area contributed by atoms with Gasteiger partial charge in [-0.25, -0.2) is 0 Å². The highest BCUT2D eigenvalue weighted by Gasteiger charge is 2.39. The predicted molar refractivity (Wildman–Crippen MR) is 101 cm³/mol. The Morgan fingerprint density at radius 1 is 0.583 bits per heavy atom. The molecule has 2 heteroatoms. The molecule has 0 amide bonds. The molecule has 0 saturated heterocycles. The molecule has 2 nitrogen and oxygen atoms in total. The molecule has 0 saturated carbocycles. The Balaban J connectivity index is 2.30. The lowest BCUT2D eigenvalue weighted by molar-refractivity contribution is 0.300. The van der Waals surface area contributed by atoms with Crippen LogP contribution in [0.5, 0.6) is 11.5 Å². The Kier molecular flexibility index (Phi) is 5.58. The van der Waals surface area contributed by atoms with Crippen LogP contribution in [-0.2, 0) is 10.8 Å². The quantitative estimate of drug-likeness (QED) is 0.646. The molecule has 0 N–H and O–H groups in total. The van der Waals surface area contributed by atoms with Crippen molar-refractivity contribution in [3.05, 3.63) is 59.7 Å². The van der Waals surface area contributed by atoms with E-state index in [1.807, 2.05) is 13.8 Å². The third-order valence-electron chi connectivity index (χ3n) is 5.34. The van der Waals surface area contributed by atoms with E-state index in [-0.39, 0.29) is 10.8 Å². The Morgan fingerprint density at radius 2 is 0.875 bits per heavy atom. The zero-order valence-corrected chi connectivity index (χ0v) is 15.8. The predicted octanol–water partition coefficient (Wildman–Crippen LogP) is 5.74. The summed E-state index contributed by atoms with van der Waals surface area (Å²) in [6.07, 6.45) is 0. The average molecular weight is 326 g/mol. The van der Waals surface area contributed by atoms with Crippen LogP contribution in [0.1, 0.15) is 52.7 Å². The SMILES string of the molecule is CCOc1ccc(C(C)(C)C(C)(C)c2ccc(OCC)cc2)cc1. The van der Waals surface area contributed by atoms with Crippen molar-refractivity contribution in [1.29, 1.82) is 0 Å². The fraction of sp³-hybridized carbons (Fsp3) is 0.455. The first-order valence-electron chi connectivity index (χ1n) is 8.79. The van der Waals surface area contributed by atoms with Crippen LogP contribution in [0.3, 0.4) is 0 Å². The second-order valence-electron chi connectivity index (χ2n) is 7.16. The molecule has 0 aliphatic heterocycles. The fourth-order valence-electron chi connectivity index (χ4n) is 2.99. The van der Waals surface area contributed by atoms with Crippen molar-refractivity contribution in [1.82, 2.24) is 0 Å². The van der Waals surface area contributed by atoms with Gasteiger partial charge in [0.15, 0.2) is 0 Å². The number of hydrogen-bond donors (Lipinski definition) is 0. The fourth-order valence-corrected chi connectivity index (χ4v) is 2.99. The lowest BCUT2D eigenvalue weighted by Crippen LogP contribution is -2.40. The molecule has 0 aliphatic rings. The van der Waals surface area contributed by atoms with Crippen molar-refractivity contribution in [2.24, 2.45) is 0 Å². The zero-order chi connectivity index (χ0) is 17.8. The Morgan fingerprint density at radius 3 is 1.12 bits per heavy atom. The molecule has 0 heterocycles.